The van der Waals surface area contributed by atoms with E-state index in [0.717, 1.165) is 23.4 Å². The molecule has 1 saturated carbocycles. The first-order valence-corrected chi connectivity index (χ1v) is 8.04. The molecule has 2 aromatic rings. The molecule has 6 nitrogen and oxygen atoms in total. The molecule has 0 aromatic carbocycles. The molecule has 0 bridgehead atoms. The standard InChI is InChI=1S/C15H16FN5OS/c1-8(20-21-15(22)17-2)13-12(9-3-4-9)19-14(23-13)10-5-11(16)7-18-6-10/h5-7,9H,3-4H2,1-2H3,(H2,17,21,22)/b20-8+. The monoisotopic (exact) mass is 333 g/mol. The van der Waals surface area contributed by atoms with Gasteiger partial charge in [0.25, 0.3) is 0 Å². The molecule has 0 unspecified atom stereocenters. The van der Waals surface area contributed by atoms with E-state index in [1.54, 1.807) is 6.20 Å². The number of hydrazone groups is 1. The summed E-state index contributed by atoms with van der Waals surface area (Å²) >= 11 is 1.44. The molecule has 1 aliphatic rings. The minimum atomic E-state index is -0.390. The minimum absolute atomic E-state index is 0.378. The summed E-state index contributed by atoms with van der Waals surface area (Å²) in [6.07, 6.45) is 4.94. The fourth-order valence-electron chi connectivity index (χ4n) is 2.12. The van der Waals surface area contributed by atoms with Crippen LogP contribution in [0.1, 0.15) is 36.3 Å². The zero-order valence-electron chi connectivity index (χ0n) is 12.8. The van der Waals surface area contributed by atoms with Crippen molar-refractivity contribution in [2.75, 3.05) is 7.05 Å². The van der Waals surface area contributed by atoms with Crippen LogP contribution in [-0.4, -0.2) is 28.8 Å². The number of carbonyl (C=O) groups excluding carboxylic acids is 1. The Bertz CT molecular complexity index is 769. The first-order valence-electron chi connectivity index (χ1n) is 7.22. The lowest BCUT2D eigenvalue weighted by atomic mass is 10.2. The molecule has 2 N–H and O–H groups in total. The predicted octanol–water partition coefficient (Wildman–Crippen LogP) is 2.87. The van der Waals surface area contributed by atoms with E-state index in [1.807, 2.05) is 6.92 Å². The molecule has 0 spiro atoms. The van der Waals surface area contributed by atoms with Gasteiger partial charge in [0.1, 0.15) is 10.8 Å². The second kappa shape index (κ2) is 6.41. The van der Waals surface area contributed by atoms with E-state index in [2.05, 4.69) is 25.8 Å². The van der Waals surface area contributed by atoms with Gasteiger partial charge >= 0.3 is 6.03 Å². The fraction of sp³-hybridized carbons (Fsp3) is 0.333. The maximum absolute atomic E-state index is 13.4. The van der Waals surface area contributed by atoms with Crippen LogP contribution < -0.4 is 10.7 Å². The van der Waals surface area contributed by atoms with Crippen molar-refractivity contribution in [3.8, 4) is 10.6 Å². The Morgan fingerprint density at radius 2 is 2.22 bits per heavy atom. The van der Waals surface area contributed by atoms with Gasteiger partial charge in [-0.15, -0.1) is 11.3 Å². The van der Waals surface area contributed by atoms with E-state index in [9.17, 15) is 9.18 Å². The van der Waals surface area contributed by atoms with E-state index in [4.69, 9.17) is 0 Å². The van der Waals surface area contributed by atoms with E-state index in [0.29, 0.717) is 22.2 Å². The van der Waals surface area contributed by atoms with Gasteiger partial charge in [-0.25, -0.2) is 19.6 Å². The van der Waals surface area contributed by atoms with Crippen molar-refractivity contribution in [3.05, 3.63) is 34.8 Å². The zero-order valence-corrected chi connectivity index (χ0v) is 13.6. The van der Waals surface area contributed by atoms with Gasteiger partial charge in [0.2, 0.25) is 0 Å². The maximum Gasteiger partial charge on any atom is 0.334 e. The maximum atomic E-state index is 13.4. The lowest BCUT2D eigenvalue weighted by molar-refractivity contribution is 0.243. The van der Waals surface area contributed by atoms with Crippen LogP contribution in [0.3, 0.4) is 0 Å². The van der Waals surface area contributed by atoms with Crippen LogP contribution in [0.15, 0.2) is 23.6 Å². The summed E-state index contributed by atoms with van der Waals surface area (Å²) in [5.41, 5.74) is 4.72. The Hall–Kier alpha value is -2.35. The first kappa shape index (κ1) is 15.5. The lowest BCUT2D eigenvalue weighted by Crippen LogP contribution is -2.29. The Kier molecular flexibility index (Phi) is 4.33. The summed E-state index contributed by atoms with van der Waals surface area (Å²) in [6, 6.07) is 1.04. The van der Waals surface area contributed by atoms with Crippen LogP contribution in [-0.2, 0) is 0 Å². The van der Waals surface area contributed by atoms with Gasteiger partial charge in [-0.2, -0.15) is 5.10 Å². The number of halogens is 1. The number of carbonyl (C=O) groups is 1. The summed E-state index contributed by atoms with van der Waals surface area (Å²) in [6.45, 7) is 1.82. The van der Waals surface area contributed by atoms with Gasteiger partial charge < -0.3 is 5.32 Å². The highest BCUT2D eigenvalue weighted by atomic mass is 32.1. The third kappa shape index (κ3) is 3.53. The molecule has 1 fully saturated rings. The van der Waals surface area contributed by atoms with Gasteiger partial charge in [0, 0.05) is 24.7 Å². The van der Waals surface area contributed by atoms with Crippen molar-refractivity contribution < 1.29 is 9.18 Å². The molecule has 23 heavy (non-hydrogen) atoms. The van der Waals surface area contributed by atoms with Gasteiger partial charge in [0.05, 0.1) is 22.5 Å². The van der Waals surface area contributed by atoms with E-state index < -0.39 is 0 Å². The van der Waals surface area contributed by atoms with Crippen molar-refractivity contribution in [3.63, 3.8) is 0 Å². The molecule has 0 atom stereocenters. The summed E-state index contributed by atoms with van der Waals surface area (Å²) in [7, 11) is 1.53. The Morgan fingerprint density at radius 1 is 1.43 bits per heavy atom. The summed E-state index contributed by atoms with van der Waals surface area (Å²) in [5.74, 6) is 0.0283. The molecule has 0 aliphatic heterocycles. The quantitative estimate of drug-likeness (QED) is 0.667. The number of thiazole rings is 1. The Labute approximate surface area is 136 Å². The largest absolute Gasteiger partial charge is 0.340 e. The highest BCUT2D eigenvalue weighted by Crippen LogP contribution is 2.44. The Balaban J connectivity index is 1.95. The highest BCUT2D eigenvalue weighted by Gasteiger charge is 2.31. The van der Waals surface area contributed by atoms with Crippen molar-refractivity contribution in [1.29, 1.82) is 0 Å². The molecule has 1 aliphatic carbocycles. The zero-order chi connectivity index (χ0) is 16.4. The molecule has 2 aromatic heterocycles. The minimum Gasteiger partial charge on any atom is -0.340 e. The number of aromatic nitrogens is 2. The molecule has 0 saturated heterocycles. The molecular formula is C15H16FN5OS. The van der Waals surface area contributed by atoms with Crippen molar-refractivity contribution in [2.45, 2.75) is 25.7 Å². The average molecular weight is 333 g/mol. The van der Waals surface area contributed by atoms with Crippen LogP contribution in [0, 0.1) is 5.82 Å². The molecule has 2 heterocycles. The van der Waals surface area contributed by atoms with Crippen molar-refractivity contribution >= 4 is 23.1 Å². The average Bonchev–Trinajstić information content (AvgIpc) is 3.30. The molecule has 3 rings (SSSR count). The second-order valence-corrected chi connectivity index (χ2v) is 6.29. The summed E-state index contributed by atoms with van der Waals surface area (Å²) in [4.78, 5) is 20.7. The number of nitrogens with zero attached hydrogens (tertiary/aromatic N) is 3. The number of amides is 2. The number of hydrogen-bond acceptors (Lipinski definition) is 5. The summed E-state index contributed by atoms with van der Waals surface area (Å²) in [5, 5.41) is 7.25. The Morgan fingerprint density at radius 3 is 2.87 bits per heavy atom. The molecule has 2 amide bonds. The molecular weight excluding hydrogens is 317 g/mol. The molecule has 0 radical (unpaired) electrons. The third-order valence-corrected chi connectivity index (χ3v) is 4.68. The fourth-order valence-corrected chi connectivity index (χ4v) is 3.20. The van der Waals surface area contributed by atoms with Crippen LogP contribution >= 0.6 is 11.3 Å². The lowest BCUT2D eigenvalue weighted by Gasteiger charge is -2.01. The number of nitrogens with one attached hydrogen (secondary N) is 2. The van der Waals surface area contributed by atoms with Crippen LogP contribution in [0.5, 0.6) is 0 Å². The van der Waals surface area contributed by atoms with E-state index in [-0.39, 0.29) is 11.8 Å². The number of urea groups is 1. The predicted molar refractivity (Wildman–Crippen MR) is 87.1 cm³/mol. The topological polar surface area (TPSA) is 79.3 Å². The van der Waals surface area contributed by atoms with Gasteiger partial charge in [-0.3, -0.25) is 4.98 Å². The van der Waals surface area contributed by atoms with Gasteiger partial charge in [0.15, 0.2) is 0 Å². The first-order chi connectivity index (χ1) is 11.1. The highest BCUT2D eigenvalue weighted by molar-refractivity contribution is 7.17. The summed E-state index contributed by atoms with van der Waals surface area (Å²) < 4.78 is 13.4. The van der Waals surface area contributed by atoms with Gasteiger partial charge in [-0.1, -0.05) is 0 Å². The second-order valence-electron chi connectivity index (χ2n) is 5.29. The number of hydrogen-bond donors (Lipinski definition) is 2. The third-order valence-electron chi connectivity index (χ3n) is 3.45. The normalized spacial score (nSPS) is 14.7. The molecule has 8 heteroatoms. The smallest absolute Gasteiger partial charge is 0.334 e. The van der Waals surface area contributed by atoms with Crippen LogP contribution in [0.4, 0.5) is 9.18 Å². The SMILES string of the molecule is CNC(=O)N/N=C(\C)c1sc(-c2cncc(F)c2)nc1C1CC1. The van der Waals surface area contributed by atoms with Crippen LogP contribution in [0.25, 0.3) is 10.6 Å². The number of rotatable bonds is 4. The van der Waals surface area contributed by atoms with E-state index >= 15 is 0 Å². The molecule has 120 valence electrons. The van der Waals surface area contributed by atoms with Crippen molar-refractivity contribution in [2.24, 2.45) is 5.10 Å². The van der Waals surface area contributed by atoms with Gasteiger partial charge in [-0.05, 0) is 25.8 Å². The van der Waals surface area contributed by atoms with E-state index in [1.165, 1.54) is 30.6 Å². The van der Waals surface area contributed by atoms with Crippen LogP contribution in [0.2, 0.25) is 0 Å². The number of pyridine rings is 1. The van der Waals surface area contributed by atoms with Crippen molar-refractivity contribution in [1.82, 2.24) is 20.7 Å².